The van der Waals surface area contributed by atoms with Crippen LogP contribution in [-0.2, 0) is 0 Å². The Morgan fingerprint density at radius 1 is 1.33 bits per heavy atom. The van der Waals surface area contributed by atoms with E-state index in [2.05, 4.69) is 4.90 Å². The largest absolute Gasteiger partial charge is 0.398 e. The number of rotatable bonds is 5. The number of carbonyl (C=O) groups is 1. The van der Waals surface area contributed by atoms with E-state index in [-0.39, 0.29) is 0 Å². The first-order chi connectivity index (χ1) is 8.45. The Hall–Kier alpha value is -1.88. The number of carbonyl (C=O) groups excluding carboxylic acids is 1. The smallest absolute Gasteiger partial charge is 0.150 e. The molecule has 0 aliphatic carbocycles. The fraction of sp³-hybridized carbons (Fsp3) is 0.385. The van der Waals surface area contributed by atoms with Crippen LogP contribution in [0.4, 0.5) is 5.69 Å². The Labute approximate surface area is 108 Å². The fourth-order valence-corrected chi connectivity index (χ4v) is 1.54. The van der Waals surface area contributed by atoms with Gasteiger partial charge in [-0.1, -0.05) is 6.07 Å². The molecule has 0 bridgehead atoms. The van der Waals surface area contributed by atoms with E-state index in [0.717, 1.165) is 19.4 Å². The lowest BCUT2D eigenvalue weighted by molar-refractivity contribution is 0.112. The number of nitrogens with one attached hydrogen (secondary N) is 1. The molecule has 98 valence electrons. The van der Waals surface area contributed by atoms with Gasteiger partial charge in [0.25, 0.3) is 0 Å². The monoisotopic (exact) mass is 248 g/mol. The third-order valence-electron chi connectivity index (χ3n) is 2.73. The number of aldehydes is 1. The van der Waals surface area contributed by atoms with Gasteiger partial charge in [0.2, 0.25) is 0 Å². The maximum atomic E-state index is 10.6. The highest BCUT2D eigenvalue weighted by molar-refractivity contribution is 6.01. The van der Waals surface area contributed by atoms with Gasteiger partial charge in [-0.25, -0.2) is 0 Å². The second kappa shape index (κ2) is 6.16. The molecule has 0 amide bonds. The SMILES string of the molecule is CN(C)CCN(C)C(=N)c1ccc(C=O)cc1N. The Balaban J connectivity index is 2.80. The minimum Gasteiger partial charge on any atom is -0.398 e. The summed E-state index contributed by atoms with van der Waals surface area (Å²) in [5.41, 5.74) is 7.50. The summed E-state index contributed by atoms with van der Waals surface area (Å²) in [6.45, 7) is 1.62. The lowest BCUT2D eigenvalue weighted by Gasteiger charge is -2.23. The van der Waals surface area contributed by atoms with Gasteiger partial charge >= 0.3 is 0 Å². The first-order valence-electron chi connectivity index (χ1n) is 5.75. The molecule has 0 saturated carbocycles. The Bertz CT molecular complexity index is 443. The number of nitrogen functional groups attached to an aromatic ring is 1. The molecule has 0 fully saturated rings. The molecule has 0 spiro atoms. The van der Waals surface area contributed by atoms with Gasteiger partial charge in [-0.05, 0) is 26.2 Å². The molecule has 0 aliphatic rings. The van der Waals surface area contributed by atoms with Crippen LogP contribution in [0, 0.1) is 5.41 Å². The number of amidine groups is 1. The topological polar surface area (TPSA) is 73.4 Å². The van der Waals surface area contributed by atoms with Crippen molar-refractivity contribution in [2.45, 2.75) is 0 Å². The molecule has 5 nitrogen and oxygen atoms in total. The molecule has 0 unspecified atom stereocenters. The summed E-state index contributed by atoms with van der Waals surface area (Å²) in [5, 5.41) is 8.09. The van der Waals surface area contributed by atoms with Gasteiger partial charge in [0.05, 0.1) is 0 Å². The summed E-state index contributed by atoms with van der Waals surface area (Å²) in [7, 11) is 5.84. The number of anilines is 1. The summed E-state index contributed by atoms with van der Waals surface area (Å²) in [5.74, 6) is 0.367. The van der Waals surface area contributed by atoms with Gasteiger partial charge in [0.1, 0.15) is 12.1 Å². The number of likely N-dealkylation sites (N-methyl/N-ethyl adjacent to an activating group) is 2. The van der Waals surface area contributed by atoms with Gasteiger partial charge in [-0.2, -0.15) is 0 Å². The lowest BCUT2D eigenvalue weighted by atomic mass is 10.1. The molecule has 0 aromatic heterocycles. The zero-order valence-corrected chi connectivity index (χ0v) is 11.1. The van der Waals surface area contributed by atoms with Gasteiger partial charge < -0.3 is 15.5 Å². The second-order valence-electron chi connectivity index (χ2n) is 4.54. The van der Waals surface area contributed by atoms with Crippen LogP contribution in [0.2, 0.25) is 0 Å². The highest BCUT2D eigenvalue weighted by atomic mass is 16.1. The minimum absolute atomic E-state index is 0.367. The van der Waals surface area contributed by atoms with E-state index >= 15 is 0 Å². The molecule has 3 N–H and O–H groups in total. The molecule has 0 atom stereocenters. The van der Waals surface area contributed by atoms with Crippen molar-refractivity contribution in [2.75, 3.05) is 40.0 Å². The predicted octanol–water partition coefficient (Wildman–Crippen LogP) is 0.900. The molecule has 1 aromatic rings. The van der Waals surface area contributed by atoms with Crippen LogP contribution in [-0.4, -0.2) is 56.2 Å². The standard InChI is InChI=1S/C13H20N4O/c1-16(2)6-7-17(3)13(15)11-5-4-10(9-18)8-12(11)14/h4-5,8-9,15H,6-7,14H2,1-3H3. The predicted molar refractivity (Wildman–Crippen MR) is 74.3 cm³/mol. The third kappa shape index (κ3) is 3.56. The summed E-state index contributed by atoms with van der Waals surface area (Å²) >= 11 is 0. The van der Waals surface area contributed by atoms with Crippen molar-refractivity contribution < 1.29 is 4.79 Å². The van der Waals surface area contributed by atoms with Crippen molar-refractivity contribution in [2.24, 2.45) is 0 Å². The van der Waals surface area contributed by atoms with Crippen molar-refractivity contribution in [3.05, 3.63) is 29.3 Å². The van der Waals surface area contributed by atoms with Crippen LogP contribution in [0.5, 0.6) is 0 Å². The minimum atomic E-state index is 0.367. The van der Waals surface area contributed by atoms with Crippen molar-refractivity contribution in [3.8, 4) is 0 Å². The van der Waals surface area contributed by atoms with Crippen LogP contribution < -0.4 is 5.73 Å². The van der Waals surface area contributed by atoms with Crippen LogP contribution in [0.3, 0.4) is 0 Å². The van der Waals surface area contributed by atoms with Crippen LogP contribution in [0.1, 0.15) is 15.9 Å². The molecular formula is C13H20N4O. The number of benzene rings is 1. The average molecular weight is 248 g/mol. The van der Waals surface area contributed by atoms with Crippen LogP contribution in [0.25, 0.3) is 0 Å². The maximum absolute atomic E-state index is 10.6. The van der Waals surface area contributed by atoms with Crippen molar-refractivity contribution in [1.82, 2.24) is 9.80 Å². The molecule has 0 radical (unpaired) electrons. The quantitative estimate of drug-likeness (QED) is 0.351. The van der Waals surface area contributed by atoms with E-state index < -0.39 is 0 Å². The van der Waals surface area contributed by atoms with E-state index in [0.29, 0.717) is 22.6 Å². The van der Waals surface area contributed by atoms with E-state index in [4.69, 9.17) is 11.1 Å². The molecule has 5 heteroatoms. The van der Waals surface area contributed by atoms with Crippen molar-refractivity contribution in [3.63, 3.8) is 0 Å². The van der Waals surface area contributed by atoms with E-state index in [1.165, 1.54) is 0 Å². The lowest BCUT2D eigenvalue weighted by Crippen LogP contribution is -2.33. The zero-order valence-electron chi connectivity index (χ0n) is 11.1. The van der Waals surface area contributed by atoms with Crippen LogP contribution >= 0.6 is 0 Å². The highest BCUT2D eigenvalue weighted by Gasteiger charge is 2.11. The molecule has 18 heavy (non-hydrogen) atoms. The first-order valence-corrected chi connectivity index (χ1v) is 5.75. The Morgan fingerprint density at radius 2 is 2.00 bits per heavy atom. The normalized spacial score (nSPS) is 10.4. The summed E-state index contributed by atoms with van der Waals surface area (Å²) < 4.78 is 0. The zero-order chi connectivity index (χ0) is 13.7. The maximum Gasteiger partial charge on any atom is 0.150 e. The summed E-state index contributed by atoms with van der Waals surface area (Å²) in [6.07, 6.45) is 0.750. The molecule has 0 saturated heterocycles. The first kappa shape index (κ1) is 14.2. The Morgan fingerprint density at radius 3 is 2.50 bits per heavy atom. The number of nitrogens with zero attached hydrogens (tertiary/aromatic N) is 2. The molecule has 0 aliphatic heterocycles. The molecule has 1 aromatic carbocycles. The van der Waals surface area contributed by atoms with E-state index in [1.807, 2.05) is 26.0 Å². The molecule has 1 rings (SSSR count). The van der Waals surface area contributed by atoms with E-state index in [1.54, 1.807) is 18.2 Å². The number of nitrogens with two attached hydrogens (primary N) is 1. The van der Waals surface area contributed by atoms with Gasteiger partial charge in [-0.15, -0.1) is 0 Å². The van der Waals surface area contributed by atoms with Crippen molar-refractivity contribution >= 4 is 17.8 Å². The average Bonchev–Trinajstić information content (AvgIpc) is 2.34. The van der Waals surface area contributed by atoms with Gasteiger partial charge in [0.15, 0.2) is 0 Å². The summed E-state index contributed by atoms with van der Waals surface area (Å²) in [4.78, 5) is 14.5. The van der Waals surface area contributed by atoms with E-state index in [9.17, 15) is 4.79 Å². The third-order valence-corrected chi connectivity index (χ3v) is 2.73. The van der Waals surface area contributed by atoms with Gasteiger partial charge in [0, 0.05) is 37.0 Å². The highest BCUT2D eigenvalue weighted by Crippen LogP contribution is 2.15. The van der Waals surface area contributed by atoms with Crippen molar-refractivity contribution in [1.29, 1.82) is 5.41 Å². The number of hydrogen-bond donors (Lipinski definition) is 2. The van der Waals surface area contributed by atoms with Gasteiger partial charge in [-0.3, -0.25) is 10.2 Å². The Kier molecular flexibility index (Phi) is 4.85. The van der Waals surface area contributed by atoms with Crippen LogP contribution in [0.15, 0.2) is 18.2 Å². The molecular weight excluding hydrogens is 228 g/mol. The summed E-state index contributed by atoms with van der Waals surface area (Å²) in [6, 6.07) is 4.98. The fourth-order valence-electron chi connectivity index (χ4n) is 1.54. The second-order valence-corrected chi connectivity index (χ2v) is 4.54. The number of hydrogen-bond acceptors (Lipinski definition) is 4. The molecule has 0 heterocycles.